The van der Waals surface area contributed by atoms with Crippen LogP contribution < -0.4 is 10.5 Å². The van der Waals surface area contributed by atoms with Gasteiger partial charge in [0, 0.05) is 29.3 Å². The molecule has 178 valence electrons. The van der Waals surface area contributed by atoms with Crippen LogP contribution in [0.25, 0.3) is 0 Å². The van der Waals surface area contributed by atoms with E-state index in [-0.39, 0.29) is 23.8 Å². The van der Waals surface area contributed by atoms with Gasteiger partial charge in [0.2, 0.25) is 5.95 Å². The standard InChI is InChI=1S/C27H23F2N3O3/c1-25(15-33-16-25)9-10-26(18-5-3-12-31-23(18)29)8-7-21-19(14-26)27(11-13-34-24(30)32-27)17-4-2-6-20(28)22(17)35-21/h2-7,12,14H,8,11,13,15-16H2,1H3,(H2,30,32)/t26-,27?/m1/s1. The van der Waals surface area contributed by atoms with Gasteiger partial charge in [-0.2, -0.15) is 4.39 Å². The first kappa shape index (κ1) is 21.8. The van der Waals surface area contributed by atoms with E-state index in [4.69, 9.17) is 24.9 Å². The van der Waals surface area contributed by atoms with Crippen LogP contribution in [0.2, 0.25) is 0 Å². The number of amidine groups is 1. The zero-order valence-corrected chi connectivity index (χ0v) is 19.1. The van der Waals surface area contributed by atoms with Crippen molar-refractivity contribution >= 4 is 6.02 Å². The van der Waals surface area contributed by atoms with Crippen LogP contribution in [0.5, 0.6) is 5.75 Å². The van der Waals surface area contributed by atoms with Gasteiger partial charge in [0.25, 0.3) is 6.02 Å². The molecule has 1 spiro atoms. The highest BCUT2D eigenvalue weighted by Gasteiger charge is 2.50. The first-order valence-corrected chi connectivity index (χ1v) is 11.5. The van der Waals surface area contributed by atoms with Crippen molar-refractivity contribution < 1.29 is 23.0 Å². The summed E-state index contributed by atoms with van der Waals surface area (Å²) in [6, 6.07) is 8.12. The first-order chi connectivity index (χ1) is 16.8. The van der Waals surface area contributed by atoms with E-state index in [0.29, 0.717) is 48.5 Å². The van der Waals surface area contributed by atoms with E-state index < -0.39 is 22.7 Å². The molecule has 0 saturated carbocycles. The molecular weight excluding hydrogens is 452 g/mol. The molecule has 2 aromatic rings. The Morgan fingerprint density at radius 3 is 2.66 bits per heavy atom. The molecule has 4 aliphatic rings. The van der Waals surface area contributed by atoms with E-state index in [9.17, 15) is 4.39 Å². The normalized spacial score (nSPS) is 27.9. The van der Waals surface area contributed by atoms with Crippen molar-refractivity contribution in [2.75, 3.05) is 19.8 Å². The molecule has 1 aromatic carbocycles. The lowest BCUT2D eigenvalue weighted by Crippen LogP contribution is -2.43. The van der Waals surface area contributed by atoms with Crippen molar-refractivity contribution in [3.05, 3.63) is 82.9 Å². The van der Waals surface area contributed by atoms with E-state index in [2.05, 4.69) is 16.8 Å². The van der Waals surface area contributed by atoms with Gasteiger partial charge >= 0.3 is 0 Å². The van der Waals surface area contributed by atoms with E-state index in [1.54, 1.807) is 24.3 Å². The van der Waals surface area contributed by atoms with Gasteiger partial charge in [-0.1, -0.05) is 36.1 Å². The SMILES string of the molecule is CC1(C#C[C@@]2(c3cccnc3F)C=C3C(=CC2)Oc2c(F)cccc2C32CCOC(N)=N2)COC1. The summed E-state index contributed by atoms with van der Waals surface area (Å²) in [5, 5.41) is 0. The van der Waals surface area contributed by atoms with Gasteiger partial charge in [0.15, 0.2) is 11.6 Å². The van der Waals surface area contributed by atoms with Gasteiger partial charge in [-0.05, 0) is 31.6 Å². The Labute approximate surface area is 201 Å². The highest BCUT2D eigenvalue weighted by Crippen LogP contribution is 2.54. The molecule has 6 nitrogen and oxygen atoms in total. The van der Waals surface area contributed by atoms with Crippen LogP contribution in [0.4, 0.5) is 8.78 Å². The largest absolute Gasteiger partial charge is 0.465 e. The monoisotopic (exact) mass is 475 g/mol. The Bertz CT molecular complexity index is 1390. The lowest BCUT2D eigenvalue weighted by molar-refractivity contribution is -0.0649. The molecule has 3 aliphatic heterocycles. The van der Waals surface area contributed by atoms with E-state index in [1.807, 2.05) is 19.1 Å². The predicted molar refractivity (Wildman–Crippen MR) is 124 cm³/mol. The summed E-state index contributed by atoms with van der Waals surface area (Å²) in [6.07, 6.45) is 5.85. The van der Waals surface area contributed by atoms with E-state index in [1.165, 1.54) is 12.3 Å². The number of para-hydroxylation sites is 1. The number of benzene rings is 1. The zero-order chi connectivity index (χ0) is 24.3. The molecule has 8 heteroatoms. The molecule has 0 amide bonds. The minimum atomic E-state index is -1.06. The summed E-state index contributed by atoms with van der Waals surface area (Å²) in [5.74, 6) is 6.17. The number of hydrogen-bond acceptors (Lipinski definition) is 6. The maximum atomic E-state index is 15.1. The molecule has 2 atom stereocenters. The van der Waals surface area contributed by atoms with Crippen LogP contribution in [-0.2, 0) is 20.4 Å². The number of allylic oxidation sites excluding steroid dienone is 2. The molecule has 1 saturated heterocycles. The lowest BCUT2D eigenvalue weighted by Gasteiger charge is -2.44. The van der Waals surface area contributed by atoms with Gasteiger partial charge in [0.1, 0.15) is 11.3 Å². The molecule has 1 fully saturated rings. The average molecular weight is 475 g/mol. The Morgan fingerprint density at radius 1 is 1.09 bits per heavy atom. The number of halogens is 2. The van der Waals surface area contributed by atoms with Crippen LogP contribution in [0.15, 0.2) is 65.0 Å². The summed E-state index contributed by atoms with van der Waals surface area (Å²) in [4.78, 5) is 8.58. The van der Waals surface area contributed by atoms with Gasteiger partial charge in [-0.15, -0.1) is 0 Å². The molecule has 0 bridgehead atoms. The Kier molecular flexibility index (Phi) is 4.77. The van der Waals surface area contributed by atoms with Crippen molar-refractivity contribution in [1.29, 1.82) is 0 Å². The molecule has 0 radical (unpaired) electrons. The van der Waals surface area contributed by atoms with Crippen LogP contribution in [0.3, 0.4) is 0 Å². The van der Waals surface area contributed by atoms with Crippen LogP contribution in [-0.4, -0.2) is 30.8 Å². The molecule has 4 heterocycles. The van der Waals surface area contributed by atoms with Gasteiger partial charge in [-0.25, -0.2) is 14.4 Å². The smallest absolute Gasteiger partial charge is 0.283 e. The molecule has 1 aliphatic carbocycles. The second-order valence-corrected chi connectivity index (χ2v) is 9.57. The van der Waals surface area contributed by atoms with Crippen LogP contribution in [0.1, 0.15) is 30.9 Å². The Hall–Kier alpha value is -3.70. The minimum absolute atomic E-state index is 0.00237. The molecule has 2 N–H and O–H groups in total. The highest BCUT2D eigenvalue weighted by molar-refractivity contribution is 5.75. The maximum Gasteiger partial charge on any atom is 0.283 e. The number of rotatable bonds is 1. The Morgan fingerprint density at radius 2 is 1.91 bits per heavy atom. The summed E-state index contributed by atoms with van der Waals surface area (Å²) < 4.78 is 46.9. The number of nitrogens with zero attached hydrogens (tertiary/aromatic N) is 2. The molecule has 6 rings (SSSR count). The van der Waals surface area contributed by atoms with Gasteiger partial charge in [0.05, 0.1) is 30.7 Å². The van der Waals surface area contributed by atoms with Crippen molar-refractivity contribution in [3.63, 3.8) is 0 Å². The third kappa shape index (κ3) is 3.34. The number of ether oxygens (including phenoxy) is 3. The summed E-state index contributed by atoms with van der Waals surface area (Å²) in [5.41, 5.74) is 5.17. The van der Waals surface area contributed by atoms with Crippen molar-refractivity contribution in [1.82, 2.24) is 4.98 Å². The fraction of sp³-hybridized carbons (Fsp3) is 0.333. The van der Waals surface area contributed by atoms with Crippen molar-refractivity contribution in [2.24, 2.45) is 16.1 Å². The third-order valence-electron chi connectivity index (χ3n) is 7.02. The zero-order valence-electron chi connectivity index (χ0n) is 19.1. The Balaban J connectivity index is 1.61. The number of aromatic nitrogens is 1. The predicted octanol–water partition coefficient (Wildman–Crippen LogP) is 3.87. The second kappa shape index (κ2) is 7.65. The number of hydrogen-bond donors (Lipinski definition) is 1. The number of nitrogens with two attached hydrogens (primary N) is 1. The number of fused-ring (bicyclic) bond motifs is 4. The van der Waals surface area contributed by atoms with E-state index >= 15 is 4.39 Å². The first-order valence-electron chi connectivity index (χ1n) is 11.5. The number of pyridine rings is 1. The second-order valence-electron chi connectivity index (χ2n) is 9.57. The molecule has 35 heavy (non-hydrogen) atoms. The fourth-order valence-electron chi connectivity index (χ4n) is 5.13. The average Bonchev–Trinajstić information content (AvgIpc) is 2.83. The molecule has 1 aromatic heterocycles. The lowest BCUT2D eigenvalue weighted by atomic mass is 9.67. The van der Waals surface area contributed by atoms with Crippen LogP contribution in [0, 0.1) is 29.0 Å². The molecular formula is C27H23F2N3O3. The minimum Gasteiger partial charge on any atom is -0.465 e. The fourth-order valence-corrected chi connectivity index (χ4v) is 5.13. The summed E-state index contributed by atoms with van der Waals surface area (Å²) >= 11 is 0. The molecule has 1 unspecified atom stereocenters. The quantitative estimate of drug-likeness (QED) is 0.500. The maximum absolute atomic E-state index is 15.1. The van der Waals surface area contributed by atoms with Gasteiger partial charge < -0.3 is 19.9 Å². The topological polar surface area (TPSA) is 79.0 Å². The van der Waals surface area contributed by atoms with Crippen LogP contribution >= 0.6 is 0 Å². The summed E-state index contributed by atoms with van der Waals surface area (Å²) in [7, 11) is 0. The van der Waals surface area contributed by atoms with E-state index in [0.717, 1.165) is 0 Å². The van der Waals surface area contributed by atoms with Crippen molar-refractivity contribution in [3.8, 4) is 17.6 Å². The van der Waals surface area contributed by atoms with Crippen molar-refractivity contribution in [2.45, 2.75) is 30.7 Å². The summed E-state index contributed by atoms with van der Waals surface area (Å²) in [6.45, 7) is 3.33. The number of aliphatic imine (C=N–C) groups is 1. The highest BCUT2D eigenvalue weighted by atomic mass is 19.1. The third-order valence-corrected chi connectivity index (χ3v) is 7.02. The van der Waals surface area contributed by atoms with Gasteiger partial charge in [-0.3, -0.25) is 0 Å².